The van der Waals surface area contributed by atoms with Gasteiger partial charge in [-0.25, -0.2) is 4.98 Å². The van der Waals surface area contributed by atoms with Crippen molar-refractivity contribution < 1.29 is 9.59 Å². The van der Waals surface area contributed by atoms with Crippen LogP contribution >= 0.6 is 0 Å². The van der Waals surface area contributed by atoms with Gasteiger partial charge >= 0.3 is 0 Å². The van der Waals surface area contributed by atoms with Gasteiger partial charge in [0.1, 0.15) is 12.4 Å². The van der Waals surface area contributed by atoms with Crippen molar-refractivity contribution in [2.45, 2.75) is 71.0 Å². The topological polar surface area (TPSA) is 76.0 Å². The van der Waals surface area contributed by atoms with Crippen LogP contribution < -0.4 is 10.6 Å². The van der Waals surface area contributed by atoms with Crippen molar-refractivity contribution in [3.05, 3.63) is 30.1 Å². The number of hydrogen-bond acceptors (Lipinski definition) is 3. The van der Waals surface area contributed by atoms with E-state index < -0.39 is 0 Å². The van der Waals surface area contributed by atoms with Gasteiger partial charge in [0, 0.05) is 12.5 Å². The number of carbonyl (C=O) groups excluding carboxylic acids is 2. The summed E-state index contributed by atoms with van der Waals surface area (Å²) in [6.07, 6.45) is 6.18. The average Bonchev–Trinajstić information content (AvgIpc) is 3.01. The smallest absolute Gasteiger partial charge is 0.240 e. The van der Waals surface area contributed by atoms with E-state index in [-0.39, 0.29) is 30.4 Å². The van der Waals surface area contributed by atoms with Crippen molar-refractivity contribution in [3.8, 4) is 0 Å². The molecule has 6 nitrogen and oxygen atoms in total. The quantitative estimate of drug-likeness (QED) is 0.835. The molecule has 140 valence electrons. The van der Waals surface area contributed by atoms with Crippen LogP contribution in [0.4, 0.5) is 0 Å². The Labute approximate surface area is 154 Å². The Morgan fingerprint density at radius 2 is 1.92 bits per heavy atom. The standard InChI is InChI=1S/C20H28N4O2/c1-3-18(25)21-14(2)20-23-16-11-7-8-12-17(16)24(20)13-19(26)22-15-9-5-4-6-10-15/h7-8,11-12,14-15H,3-6,9-10,13H2,1-2H3,(H,21,25)(H,22,26). The Balaban J connectivity index is 1.81. The molecule has 2 aromatic rings. The molecular formula is C20H28N4O2. The molecule has 0 spiro atoms. The molecule has 1 aliphatic rings. The number of fused-ring (bicyclic) bond motifs is 1. The van der Waals surface area contributed by atoms with Crippen molar-refractivity contribution in [3.63, 3.8) is 0 Å². The lowest BCUT2D eigenvalue weighted by Crippen LogP contribution is -2.38. The molecule has 1 aliphatic carbocycles. The molecule has 0 radical (unpaired) electrons. The minimum atomic E-state index is -0.252. The van der Waals surface area contributed by atoms with Crippen LogP contribution in [-0.4, -0.2) is 27.4 Å². The van der Waals surface area contributed by atoms with Gasteiger partial charge < -0.3 is 15.2 Å². The number of benzene rings is 1. The summed E-state index contributed by atoms with van der Waals surface area (Å²) >= 11 is 0. The van der Waals surface area contributed by atoms with Crippen LogP contribution in [0.3, 0.4) is 0 Å². The SMILES string of the molecule is CCC(=O)NC(C)c1nc2ccccc2n1CC(=O)NC1CCCCC1. The maximum absolute atomic E-state index is 12.6. The lowest BCUT2D eigenvalue weighted by Gasteiger charge is -2.23. The van der Waals surface area contributed by atoms with Crippen molar-refractivity contribution in [2.75, 3.05) is 0 Å². The number of aromatic nitrogens is 2. The number of carbonyl (C=O) groups is 2. The second-order valence-electron chi connectivity index (χ2n) is 7.09. The molecule has 1 atom stereocenters. The fraction of sp³-hybridized carbons (Fsp3) is 0.550. The van der Waals surface area contributed by atoms with Crippen LogP contribution in [0, 0.1) is 0 Å². The van der Waals surface area contributed by atoms with Gasteiger partial charge in [-0.2, -0.15) is 0 Å². The molecule has 1 heterocycles. The number of hydrogen-bond donors (Lipinski definition) is 2. The fourth-order valence-electron chi connectivity index (χ4n) is 3.66. The van der Waals surface area contributed by atoms with Crippen LogP contribution in [-0.2, 0) is 16.1 Å². The monoisotopic (exact) mass is 356 g/mol. The molecule has 1 aromatic heterocycles. The first-order valence-corrected chi connectivity index (χ1v) is 9.62. The van der Waals surface area contributed by atoms with Crippen molar-refractivity contribution in [1.29, 1.82) is 0 Å². The molecule has 2 N–H and O–H groups in total. The van der Waals surface area contributed by atoms with E-state index in [1.165, 1.54) is 19.3 Å². The van der Waals surface area contributed by atoms with E-state index in [0.717, 1.165) is 23.9 Å². The summed E-state index contributed by atoms with van der Waals surface area (Å²) in [5, 5.41) is 6.11. The summed E-state index contributed by atoms with van der Waals surface area (Å²) in [5.74, 6) is 0.699. The number of nitrogens with one attached hydrogen (secondary N) is 2. The van der Waals surface area contributed by atoms with Crippen molar-refractivity contribution in [1.82, 2.24) is 20.2 Å². The maximum Gasteiger partial charge on any atom is 0.240 e. The van der Waals surface area contributed by atoms with Crippen molar-refractivity contribution in [2.24, 2.45) is 0 Å². The predicted molar refractivity (Wildman–Crippen MR) is 102 cm³/mol. The van der Waals surface area contributed by atoms with Crippen LogP contribution in [0.5, 0.6) is 0 Å². The van der Waals surface area contributed by atoms with E-state index in [2.05, 4.69) is 15.6 Å². The van der Waals surface area contributed by atoms with Gasteiger partial charge in [0.2, 0.25) is 11.8 Å². The second-order valence-corrected chi connectivity index (χ2v) is 7.09. The third-order valence-electron chi connectivity index (χ3n) is 5.04. The van der Waals surface area contributed by atoms with Gasteiger partial charge in [-0.05, 0) is 31.9 Å². The van der Waals surface area contributed by atoms with Gasteiger partial charge in [-0.3, -0.25) is 9.59 Å². The fourth-order valence-corrected chi connectivity index (χ4v) is 3.66. The Hall–Kier alpha value is -2.37. The first-order valence-electron chi connectivity index (χ1n) is 9.62. The molecule has 26 heavy (non-hydrogen) atoms. The first kappa shape index (κ1) is 18.4. The molecule has 1 fully saturated rings. The summed E-state index contributed by atoms with van der Waals surface area (Å²) in [5.41, 5.74) is 1.75. The van der Waals surface area contributed by atoms with E-state index in [0.29, 0.717) is 12.2 Å². The van der Waals surface area contributed by atoms with Gasteiger partial charge in [0.05, 0.1) is 17.1 Å². The highest BCUT2D eigenvalue weighted by molar-refractivity contribution is 5.81. The summed E-state index contributed by atoms with van der Waals surface area (Å²) in [7, 11) is 0. The zero-order valence-electron chi connectivity index (χ0n) is 15.6. The highest BCUT2D eigenvalue weighted by Gasteiger charge is 2.21. The number of imidazole rings is 1. The third kappa shape index (κ3) is 4.23. The minimum Gasteiger partial charge on any atom is -0.352 e. The number of para-hydroxylation sites is 2. The average molecular weight is 356 g/mol. The summed E-state index contributed by atoms with van der Waals surface area (Å²) in [6.45, 7) is 3.95. The third-order valence-corrected chi connectivity index (χ3v) is 5.04. The highest BCUT2D eigenvalue weighted by atomic mass is 16.2. The van der Waals surface area contributed by atoms with E-state index in [4.69, 9.17) is 0 Å². The Morgan fingerprint density at radius 1 is 1.19 bits per heavy atom. The summed E-state index contributed by atoms with van der Waals surface area (Å²) < 4.78 is 1.92. The Morgan fingerprint density at radius 3 is 2.65 bits per heavy atom. The van der Waals surface area contributed by atoms with Crippen LogP contribution in [0.2, 0.25) is 0 Å². The molecule has 0 aliphatic heterocycles. The highest BCUT2D eigenvalue weighted by Crippen LogP contribution is 2.21. The zero-order valence-corrected chi connectivity index (χ0v) is 15.6. The largest absolute Gasteiger partial charge is 0.352 e. The minimum absolute atomic E-state index is 0.00956. The Bertz CT molecular complexity index is 777. The van der Waals surface area contributed by atoms with Gasteiger partial charge in [-0.15, -0.1) is 0 Å². The summed E-state index contributed by atoms with van der Waals surface area (Å²) in [6, 6.07) is 7.81. The Kier molecular flexibility index (Phi) is 5.91. The lowest BCUT2D eigenvalue weighted by molar-refractivity contribution is -0.122. The first-order chi connectivity index (χ1) is 12.6. The molecule has 1 aromatic carbocycles. The number of rotatable bonds is 6. The molecule has 1 unspecified atom stereocenters. The normalized spacial score (nSPS) is 16.4. The zero-order chi connectivity index (χ0) is 18.5. The van der Waals surface area contributed by atoms with Gasteiger partial charge in [0.15, 0.2) is 0 Å². The van der Waals surface area contributed by atoms with E-state index >= 15 is 0 Å². The molecule has 0 saturated heterocycles. The van der Waals surface area contributed by atoms with Crippen LogP contribution in [0.1, 0.15) is 64.2 Å². The van der Waals surface area contributed by atoms with Crippen LogP contribution in [0.25, 0.3) is 11.0 Å². The molecule has 6 heteroatoms. The molecule has 1 saturated carbocycles. The number of amides is 2. The van der Waals surface area contributed by atoms with E-state index in [1.807, 2.05) is 42.7 Å². The second kappa shape index (κ2) is 8.34. The predicted octanol–water partition coefficient (Wildman–Crippen LogP) is 3.07. The van der Waals surface area contributed by atoms with Gasteiger partial charge in [-0.1, -0.05) is 38.3 Å². The lowest BCUT2D eigenvalue weighted by atomic mass is 9.95. The van der Waals surface area contributed by atoms with E-state index in [9.17, 15) is 9.59 Å². The molecular weight excluding hydrogens is 328 g/mol. The molecule has 3 rings (SSSR count). The van der Waals surface area contributed by atoms with Gasteiger partial charge in [0.25, 0.3) is 0 Å². The van der Waals surface area contributed by atoms with E-state index in [1.54, 1.807) is 0 Å². The van der Waals surface area contributed by atoms with Crippen LogP contribution in [0.15, 0.2) is 24.3 Å². The maximum atomic E-state index is 12.6. The van der Waals surface area contributed by atoms with Crippen molar-refractivity contribution >= 4 is 22.8 Å². The molecule has 2 amide bonds. The molecule has 0 bridgehead atoms. The summed E-state index contributed by atoms with van der Waals surface area (Å²) in [4.78, 5) is 29.1. The number of nitrogens with zero attached hydrogens (tertiary/aromatic N) is 2.